The fraction of sp³-hybridized carbons (Fsp3) is 1.00. The third kappa shape index (κ3) is 8.20. The molecular weight excluding hydrogens is 397 g/mol. The van der Waals surface area contributed by atoms with Crippen LogP contribution in [0.3, 0.4) is 0 Å². The van der Waals surface area contributed by atoms with Crippen molar-refractivity contribution in [3.05, 3.63) is 0 Å². The second kappa shape index (κ2) is 10.8. The molecule has 1 unspecified atom stereocenters. The fourth-order valence-electron chi connectivity index (χ4n) is 4.69. The Labute approximate surface area is 187 Å². The van der Waals surface area contributed by atoms with Crippen molar-refractivity contribution >= 4 is 7.60 Å². The van der Waals surface area contributed by atoms with Gasteiger partial charge >= 0.3 is 7.60 Å². The molecule has 0 aliphatic heterocycles. The molecule has 5 nitrogen and oxygen atoms in total. The van der Waals surface area contributed by atoms with Crippen LogP contribution in [0.4, 0.5) is 0 Å². The van der Waals surface area contributed by atoms with E-state index in [1.54, 1.807) is 0 Å². The molecular formula is C24H50NO4P. The van der Waals surface area contributed by atoms with Gasteiger partial charge in [0.1, 0.15) is 5.78 Å². The van der Waals surface area contributed by atoms with Gasteiger partial charge in [-0.15, -0.1) is 0 Å². The summed E-state index contributed by atoms with van der Waals surface area (Å²) in [6, 6.07) is 0. The van der Waals surface area contributed by atoms with Crippen molar-refractivity contribution in [3.63, 3.8) is 0 Å². The molecule has 0 bridgehead atoms. The van der Waals surface area contributed by atoms with Crippen LogP contribution in [0.2, 0.25) is 0 Å². The van der Waals surface area contributed by atoms with Crippen LogP contribution in [0, 0.1) is 22.7 Å². The van der Waals surface area contributed by atoms with E-state index in [1.165, 1.54) is 25.7 Å². The summed E-state index contributed by atoms with van der Waals surface area (Å²) < 4.78 is 25.5. The Hall–Kier alpha value is 0.0700. The maximum absolute atomic E-state index is 13.9. The summed E-state index contributed by atoms with van der Waals surface area (Å²) in [5.74, 6) is 0.728. The zero-order valence-corrected chi connectivity index (χ0v) is 22.6. The first-order valence-electron chi connectivity index (χ1n) is 11.9. The van der Waals surface area contributed by atoms with Gasteiger partial charge in [-0.25, -0.2) is 0 Å². The Kier molecular flexibility index (Phi) is 10.1. The van der Waals surface area contributed by atoms with E-state index in [9.17, 15) is 4.57 Å². The van der Waals surface area contributed by atoms with Crippen molar-refractivity contribution in [2.45, 2.75) is 113 Å². The average molecular weight is 448 g/mol. The standard InChI is InChI=1S/C24H50NO4P/c1-12-28-30(26,29-13-2)21(23(6,7)8)25(24(9,10)11)27-18-20-16-14-15-19(20)17-22(3,4)5/h19-21H,12-18H2,1-11H3/t19-,20+,21?/m1/s1. The van der Waals surface area contributed by atoms with Gasteiger partial charge in [0.15, 0.2) is 0 Å². The minimum Gasteiger partial charge on any atom is -0.308 e. The lowest BCUT2D eigenvalue weighted by molar-refractivity contribution is -0.246. The minimum atomic E-state index is -3.41. The normalized spacial score (nSPS) is 22.7. The van der Waals surface area contributed by atoms with E-state index in [4.69, 9.17) is 13.9 Å². The maximum Gasteiger partial charge on any atom is 0.350 e. The molecule has 0 spiro atoms. The molecule has 30 heavy (non-hydrogen) atoms. The average Bonchev–Trinajstić information content (AvgIpc) is 2.94. The van der Waals surface area contributed by atoms with E-state index in [1.807, 2.05) is 18.9 Å². The van der Waals surface area contributed by atoms with Crippen molar-refractivity contribution in [2.75, 3.05) is 19.8 Å². The molecule has 0 aromatic heterocycles. The van der Waals surface area contributed by atoms with Crippen LogP contribution < -0.4 is 0 Å². The number of rotatable bonds is 10. The van der Waals surface area contributed by atoms with E-state index < -0.39 is 13.4 Å². The van der Waals surface area contributed by atoms with E-state index in [0.29, 0.717) is 37.1 Å². The molecule has 3 atom stereocenters. The van der Waals surface area contributed by atoms with Crippen LogP contribution in [0.1, 0.15) is 102 Å². The lowest BCUT2D eigenvalue weighted by Gasteiger charge is -2.47. The molecule has 1 rings (SSSR count). The topological polar surface area (TPSA) is 48.0 Å². The number of hydrogen-bond acceptors (Lipinski definition) is 5. The van der Waals surface area contributed by atoms with Crippen LogP contribution in [0.15, 0.2) is 0 Å². The Morgan fingerprint density at radius 2 is 1.40 bits per heavy atom. The number of hydroxylamine groups is 2. The van der Waals surface area contributed by atoms with Crippen molar-refractivity contribution in [1.82, 2.24) is 5.06 Å². The van der Waals surface area contributed by atoms with Gasteiger partial charge in [0, 0.05) is 5.54 Å². The first kappa shape index (κ1) is 28.1. The zero-order chi connectivity index (χ0) is 23.4. The van der Waals surface area contributed by atoms with Crippen molar-refractivity contribution < 1.29 is 18.5 Å². The third-order valence-electron chi connectivity index (χ3n) is 5.69. The number of hydrogen-bond donors (Lipinski definition) is 0. The van der Waals surface area contributed by atoms with Crippen molar-refractivity contribution in [1.29, 1.82) is 0 Å². The first-order chi connectivity index (χ1) is 13.5. The van der Waals surface area contributed by atoms with Gasteiger partial charge in [-0.2, -0.15) is 5.06 Å². The van der Waals surface area contributed by atoms with Crippen LogP contribution >= 0.6 is 7.60 Å². The van der Waals surface area contributed by atoms with Crippen LogP contribution in [-0.2, 0) is 18.5 Å². The molecule has 0 aromatic carbocycles. The third-order valence-corrected chi connectivity index (χ3v) is 8.51. The molecule has 0 aromatic rings. The predicted molar refractivity (Wildman–Crippen MR) is 127 cm³/mol. The maximum atomic E-state index is 13.9. The SMILES string of the molecule is CCOP(=O)(OCC)C(N(OC[C@@H]1CCC[C@@H]1CC(C)(C)C)C(C)(C)C)C(C)(C)C. The second-order valence-corrected chi connectivity index (χ2v) is 14.2. The van der Waals surface area contributed by atoms with Gasteiger partial charge in [-0.1, -0.05) is 54.4 Å². The monoisotopic (exact) mass is 447 g/mol. The molecule has 1 aliphatic rings. The highest BCUT2D eigenvalue weighted by Gasteiger charge is 2.51. The lowest BCUT2D eigenvalue weighted by Crippen LogP contribution is -2.53. The van der Waals surface area contributed by atoms with E-state index in [2.05, 4.69) is 62.3 Å². The minimum absolute atomic E-state index is 0.324. The molecule has 0 N–H and O–H groups in total. The molecule has 1 aliphatic carbocycles. The smallest absolute Gasteiger partial charge is 0.308 e. The second-order valence-electron chi connectivity index (χ2n) is 12.1. The predicted octanol–water partition coefficient (Wildman–Crippen LogP) is 7.51. The summed E-state index contributed by atoms with van der Waals surface area (Å²) in [6.45, 7) is 24.6. The van der Waals surface area contributed by atoms with Gasteiger partial charge in [0.2, 0.25) is 0 Å². The molecule has 6 heteroatoms. The van der Waals surface area contributed by atoms with E-state index in [-0.39, 0.29) is 11.0 Å². The quantitative estimate of drug-likeness (QED) is 0.256. The van der Waals surface area contributed by atoms with Gasteiger partial charge in [0.05, 0.1) is 19.8 Å². The summed E-state index contributed by atoms with van der Waals surface area (Å²) in [4.78, 5) is 6.56. The lowest BCUT2D eigenvalue weighted by atomic mass is 9.80. The molecule has 1 saturated carbocycles. The van der Waals surface area contributed by atoms with Crippen molar-refractivity contribution in [2.24, 2.45) is 22.7 Å². The Morgan fingerprint density at radius 1 is 0.900 bits per heavy atom. The van der Waals surface area contributed by atoms with E-state index in [0.717, 1.165) is 0 Å². The van der Waals surface area contributed by atoms with Gasteiger partial charge < -0.3 is 9.05 Å². The van der Waals surface area contributed by atoms with E-state index >= 15 is 0 Å². The summed E-state index contributed by atoms with van der Waals surface area (Å²) >= 11 is 0. The highest BCUT2D eigenvalue weighted by molar-refractivity contribution is 7.54. The first-order valence-corrected chi connectivity index (χ1v) is 13.5. The van der Waals surface area contributed by atoms with Gasteiger partial charge in [-0.05, 0) is 70.1 Å². The largest absolute Gasteiger partial charge is 0.350 e. The summed E-state index contributed by atoms with van der Waals surface area (Å²) in [6.07, 6.45) is 4.96. The summed E-state index contributed by atoms with van der Waals surface area (Å²) in [5, 5.41) is 1.94. The highest BCUT2D eigenvalue weighted by atomic mass is 31.2. The number of nitrogens with zero attached hydrogens (tertiary/aromatic N) is 1. The molecule has 0 radical (unpaired) electrons. The fourth-order valence-corrected chi connectivity index (χ4v) is 7.38. The summed E-state index contributed by atoms with van der Waals surface area (Å²) in [7, 11) is -3.41. The van der Waals surface area contributed by atoms with Crippen LogP contribution in [0.25, 0.3) is 0 Å². The van der Waals surface area contributed by atoms with Crippen molar-refractivity contribution in [3.8, 4) is 0 Å². The highest BCUT2D eigenvalue weighted by Crippen LogP contribution is 2.60. The molecule has 0 saturated heterocycles. The Bertz CT molecular complexity index is 549. The molecule has 0 amide bonds. The van der Waals surface area contributed by atoms with Crippen LogP contribution in [0.5, 0.6) is 0 Å². The van der Waals surface area contributed by atoms with Gasteiger partial charge in [-0.3, -0.25) is 9.40 Å². The zero-order valence-electron chi connectivity index (χ0n) is 21.7. The summed E-state index contributed by atoms with van der Waals surface area (Å²) in [5.41, 5.74) is -0.377. The van der Waals surface area contributed by atoms with Gasteiger partial charge in [0.25, 0.3) is 0 Å². The van der Waals surface area contributed by atoms with Crippen LogP contribution in [-0.4, -0.2) is 36.2 Å². The molecule has 180 valence electrons. The molecule has 1 fully saturated rings. The Morgan fingerprint density at radius 3 is 1.80 bits per heavy atom. The Balaban J connectivity index is 3.17. The molecule has 0 heterocycles.